The quantitative estimate of drug-likeness (QED) is 0.672. The van der Waals surface area contributed by atoms with Crippen molar-refractivity contribution in [3.63, 3.8) is 0 Å². The molecule has 1 aliphatic carbocycles. The Bertz CT molecular complexity index is 437. The van der Waals surface area contributed by atoms with Crippen LogP contribution in [-0.4, -0.2) is 17.4 Å². The van der Waals surface area contributed by atoms with Crippen LogP contribution in [0.4, 0.5) is 11.5 Å². The van der Waals surface area contributed by atoms with E-state index in [1.165, 1.54) is 0 Å². The summed E-state index contributed by atoms with van der Waals surface area (Å²) in [6.07, 6.45) is 3.78. The fourth-order valence-corrected chi connectivity index (χ4v) is 1.95. The van der Waals surface area contributed by atoms with Gasteiger partial charge in [-0.1, -0.05) is 0 Å². The van der Waals surface area contributed by atoms with E-state index in [1.54, 1.807) is 0 Å². The van der Waals surface area contributed by atoms with Crippen LogP contribution >= 0.6 is 0 Å². The van der Waals surface area contributed by atoms with Gasteiger partial charge in [-0.2, -0.15) is 0 Å². The molecule has 78 valence electrons. The zero-order chi connectivity index (χ0) is 10.5. The summed E-state index contributed by atoms with van der Waals surface area (Å²) < 4.78 is 0. The second-order valence-corrected chi connectivity index (χ2v) is 4.50. The molecule has 1 aliphatic heterocycles. The number of pyridine rings is 1. The lowest BCUT2D eigenvalue weighted by atomic mass is 10.1. The van der Waals surface area contributed by atoms with Crippen molar-refractivity contribution in [2.75, 3.05) is 17.2 Å². The molecule has 1 aromatic rings. The van der Waals surface area contributed by atoms with Crippen LogP contribution in [0.25, 0.3) is 0 Å². The molecule has 2 heterocycles. The second kappa shape index (κ2) is 2.72. The van der Waals surface area contributed by atoms with Crippen LogP contribution in [0.1, 0.15) is 18.4 Å². The minimum absolute atomic E-state index is 0.140. The number of rotatable bonds is 0. The highest BCUT2D eigenvalue weighted by atomic mass is 16.2. The lowest BCUT2D eigenvalue weighted by Gasteiger charge is -2.08. The van der Waals surface area contributed by atoms with E-state index in [0.29, 0.717) is 6.54 Å². The molecule has 15 heavy (non-hydrogen) atoms. The summed E-state index contributed by atoms with van der Waals surface area (Å²) in [5.41, 5.74) is 1.71. The molecular formula is C11H13N3O. The standard InChI is InChI=1S/C11H13N3O/c1-7-4-8-9(12-5-7)13-6-11(2-3-11)10(15)14-8/h4-5H,2-3,6H2,1H3,(H,12,13)(H,14,15). The van der Waals surface area contributed by atoms with Crippen molar-refractivity contribution in [2.24, 2.45) is 5.41 Å². The van der Waals surface area contributed by atoms with Crippen molar-refractivity contribution >= 4 is 17.4 Å². The van der Waals surface area contributed by atoms with Crippen molar-refractivity contribution < 1.29 is 4.79 Å². The van der Waals surface area contributed by atoms with Crippen LogP contribution < -0.4 is 10.6 Å². The van der Waals surface area contributed by atoms with Crippen LogP contribution in [0, 0.1) is 12.3 Å². The number of carbonyl (C=O) groups excluding carboxylic acids is 1. The van der Waals surface area contributed by atoms with Crippen LogP contribution in [0.15, 0.2) is 12.3 Å². The Hall–Kier alpha value is -1.58. The van der Waals surface area contributed by atoms with E-state index in [1.807, 2.05) is 19.2 Å². The smallest absolute Gasteiger partial charge is 0.232 e. The number of anilines is 2. The number of aryl methyl sites for hydroxylation is 1. The van der Waals surface area contributed by atoms with E-state index < -0.39 is 0 Å². The molecule has 1 amide bonds. The highest BCUT2D eigenvalue weighted by Gasteiger charge is 2.50. The lowest BCUT2D eigenvalue weighted by molar-refractivity contribution is -0.120. The van der Waals surface area contributed by atoms with Gasteiger partial charge in [-0.3, -0.25) is 4.79 Å². The second-order valence-electron chi connectivity index (χ2n) is 4.50. The summed E-state index contributed by atoms with van der Waals surface area (Å²) in [6.45, 7) is 2.68. The Balaban J connectivity index is 2.00. The number of nitrogens with zero attached hydrogens (tertiary/aromatic N) is 1. The predicted octanol–water partition coefficient (Wildman–Crippen LogP) is 1.53. The average Bonchev–Trinajstić information content (AvgIpc) is 2.98. The summed E-state index contributed by atoms with van der Waals surface area (Å²) in [4.78, 5) is 16.2. The molecule has 3 rings (SSSR count). The predicted molar refractivity (Wildman–Crippen MR) is 57.8 cm³/mol. The third kappa shape index (κ3) is 1.28. The Kier molecular flexibility index (Phi) is 1.58. The van der Waals surface area contributed by atoms with Crippen molar-refractivity contribution in [3.05, 3.63) is 17.8 Å². The SMILES string of the molecule is Cc1cnc2c(c1)NC(=O)C1(CC1)CN2. The first-order valence-corrected chi connectivity index (χ1v) is 5.22. The van der Waals surface area contributed by atoms with Gasteiger partial charge in [0.15, 0.2) is 0 Å². The largest absolute Gasteiger partial charge is 0.367 e. The van der Waals surface area contributed by atoms with E-state index in [9.17, 15) is 4.79 Å². The summed E-state index contributed by atoms with van der Waals surface area (Å²) in [5, 5.41) is 6.19. The summed E-state index contributed by atoms with van der Waals surface area (Å²) >= 11 is 0. The number of aromatic nitrogens is 1. The zero-order valence-electron chi connectivity index (χ0n) is 8.63. The molecule has 0 aromatic carbocycles. The number of hydrogen-bond donors (Lipinski definition) is 2. The van der Waals surface area contributed by atoms with E-state index in [0.717, 1.165) is 29.9 Å². The molecule has 2 aliphatic rings. The molecule has 0 bridgehead atoms. The first-order chi connectivity index (χ1) is 7.20. The van der Waals surface area contributed by atoms with Gasteiger partial charge < -0.3 is 10.6 Å². The number of fused-ring (bicyclic) bond motifs is 1. The van der Waals surface area contributed by atoms with E-state index >= 15 is 0 Å². The number of hydrogen-bond acceptors (Lipinski definition) is 3. The van der Waals surface area contributed by atoms with Crippen LogP contribution in [-0.2, 0) is 4.79 Å². The molecule has 1 spiro atoms. The summed E-state index contributed by atoms with van der Waals surface area (Å²) in [6, 6.07) is 1.95. The molecule has 0 radical (unpaired) electrons. The Labute approximate surface area is 88.1 Å². The third-order valence-corrected chi connectivity index (χ3v) is 3.20. The summed E-state index contributed by atoms with van der Waals surface area (Å²) in [7, 11) is 0. The first-order valence-electron chi connectivity index (χ1n) is 5.22. The van der Waals surface area contributed by atoms with Crippen molar-refractivity contribution in [3.8, 4) is 0 Å². The Morgan fingerprint density at radius 1 is 1.47 bits per heavy atom. The fourth-order valence-electron chi connectivity index (χ4n) is 1.95. The fraction of sp³-hybridized carbons (Fsp3) is 0.455. The lowest BCUT2D eigenvalue weighted by Crippen LogP contribution is -2.27. The van der Waals surface area contributed by atoms with Crippen LogP contribution in [0.2, 0.25) is 0 Å². The van der Waals surface area contributed by atoms with Gasteiger partial charge in [0.25, 0.3) is 0 Å². The molecule has 1 saturated carbocycles. The third-order valence-electron chi connectivity index (χ3n) is 3.20. The van der Waals surface area contributed by atoms with Gasteiger partial charge in [-0.15, -0.1) is 0 Å². The van der Waals surface area contributed by atoms with Crippen molar-refractivity contribution in [1.82, 2.24) is 4.98 Å². The van der Waals surface area contributed by atoms with Gasteiger partial charge in [0.2, 0.25) is 5.91 Å². The highest BCUT2D eigenvalue weighted by molar-refractivity contribution is 6.00. The van der Waals surface area contributed by atoms with Crippen LogP contribution in [0.3, 0.4) is 0 Å². The number of amides is 1. The minimum atomic E-state index is -0.158. The maximum atomic E-state index is 11.9. The molecular weight excluding hydrogens is 190 g/mol. The first kappa shape index (κ1) is 8.71. The maximum absolute atomic E-state index is 11.9. The van der Waals surface area contributed by atoms with Gasteiger partial charge >= 0.3 is 0 Å². The van der Waals surface area contributed by atoms with E-state index in [2.05, 4.69) is 15.6 Å². The molecule has 4 nitrogen and oxygen atoms in total. The molecule has 0 unspecified atom stereocenters. The van der Waals surface area contributed by atoms with Crippen molar-refractivity contribution in [1.29, 1.82) is 0 Å². The zero-order valence-corrected chi connectivity index (χ0v) is 8.63. The van der Waals surface area contributed by atoms with Gasteiger partial charge in [0.1, 0.15) is 5.82 Å². The van der Waals surface area contributed by atoms with E-state index in [-0.39, 0.29) is 11.3 Å². The molecule has 0 atom stereocenters. The molecule has 0 saturated heterocycles. The Morgan fingerprint density at radius 3 is 3.00 bits per heavy atom. The number of nitrogens with one attached hydrogen (secondary N) is 2. The molecule has 4 heteroatoms. The van der Waals surface area contributed by atoms with Gasteiger partial charge in [-0.05, 0) is 31.4 Å². The van der Waals surface area contributed by atoms with Crippen molar-refractivity contribution in [2.45, 2.75) is 19.8 Å². The minimum Gasteiger partial charge on any atom is -0.367 e. The highest BCUT2D eigenvalue weighted by Crippen LogP contribution is 2.48. The van der Waals surface area contributed by atoms with Crippen LogP contribution in [0.5, 0.6) is 0 Å². The molecule has 2 N–H and O–H groups in total. The molecule has 1 fully saturated rings. The van der Waals surface area contributed by atoms with Gasteiger partial charge in [-0.25, -0.2) is 4.98 Å². The van der Waals surface area contributed by atoms with Gasteiger partial charge in [0, 0.05) is 12.7 Å². The summed E-state index contributed by atoms with van der Waals surface area (Å²) in [5.74, 6) is 0.930. The normalized spacial score (nSPS) is 21.3. The number of carbonyl (C=O) groups is 1. The average molecular weight is 203 g/mol. The van der Waals surface area contributed by atoms with Gasteiger partial charge in [0.05, 0.1) is 11.1 Å². The monoisotopic (exact) mass is 203 g/mol. The molecule has 1 aromatic heterocycles. The van der Waals surface area contributed by atoms with E-state index in [4.69, 9.17) is 0 Å². The Morgan fingerprint density at radius 2 is 2.27 bits per heavy atom. The topological polar surface area (TPSA) is 54.0 Å². The maximum Gasteiger partial charge on any atom is 0.232 e.